The molecular weight excluding hydrogens is 317 g/mol. The second-order valence-electron chi connectivity index (χ2n) is 3.90. The molecule has 4 nitrogen and oxygen atoms in total. The monoisotopic (exact) mass is 327 g/mol. The van der Waals surface area contributed by atoms with Crippen LogP contribution in [0, 0.1) is 0 Å². The van der Waals surface area contributed by atoms with E-state index >= 15 is 0 Å². The van der Waals surface area contributed by atoms with Crippen molar-refractivity contribution in [2.24, 2.45) is 0 Å². The van der Waals surface area contributed by atoms with Gasteiger partial charge < -0.3 is 9.42 Å². The van der Waals surface area contributed by atoms with Crippen LogP contribution in [0.2, 0.25) is 0 Å². The Morgan fingerprint density at radius 1 is 1.31 bits per heavy atom. The van der Waals surface area contributed by atoms with Crippen molar-refractivity contribution in [1.82, 2.24) is 7.94 Å². The van der Waals surface area contributed by atoms with Crippen LogP contribution >= 0.6 is 22.9 Å². The van der Waals surface area contributed by atoms with Crippen LogP contribution in [0.3, 0.4) is 0 Å². The molecule has 0 aliphatic carbocycles. The molecule has 0 amide bonds. The lowest BCUT2D eigenvalue weighted by Crippen LogP contribution is -2.09. The number of aromatic nitrogens is 2. The molecule has 3 rings (SSSR count). The first-order chi connectivity index (χ1) is 7.68. The molecule has 0 atom stereocenters. The highest BCUT2D eigenvalue weighted by Crippen LogP contribution is 2.33. The van der Waals surface area contributed by atoms with Gasteiger partial charge in [-0.1, -0.05) is 5.16 Å². The molecule has 0 bridgehead atoms. The number of benzene rings is 1. The van der Waals surface area contributed by atoms with E-state index in [2.05, 4.69) is 42.9 Å². The highest BCUT2D eigenvalue weighted by molar-refractivity contribution is 14.1. The summed E-state index contributed by atoms with van der Waals surface area (Å²) < 4.78 is 7.39. The fourth-order valence-electron chi connectivity index (χ4n) is 1.91. The van der Waals surface area contributed by atoms with Crippen LogP contribution in [0.25, 0.3) is 21.9 Å². The first-order valence-electron chi connectivity index (χ1n) is 4.91. The van der Waals surface area contributed by atoms with Gasteiger partial charge in [0.1, 0.15) is 0 Å². The third-order valence-corrected chi connectivity index (χ3v) is 3.51. The van der Waals surface area contributed by atoms with E-state index in [0.29, 0.717) is 0 Å². The second-order valence-corrected chi connectivity index (χ2v) is 4.94. The Bertz CT molecular complexity index is 668. The zero-order chi connectivity index (χ0) is 11.3. The van der Waals surface area contributed by atoms with E-state index in [1.165, 1.54) is 10.9 Å². The smallest absolute Gasteiger partial charge is 0.180 e. The maximum atomic E-state index is 5.32. The van der Waals surface area contributed by atoms with Crippen LogP contribution in [0.5, 0.6) is 0 Å². The Morgan fingerprint density at radius 3 is 2.88 bits per heavy atom. The molecule has 0 N–H and O–H groups in total. The van der Waals surface area contributed by atoms with Crippen molar-refractivity contribution < 1.29 is 4.52 Å². The molecule has 0 spiro atoms. The second kappa shape index (κ2) is 3.38. The summed E-state index contributed by atoms with van der Waals surface area (Å²) in [6, 6.07) is 6.11. The van der Waals surface area contributed by atoms with Crippen molar-refractivity contribution in [1.29, 1.82) is 0 Å². The third-order valence-electron chi connectivity index (χ3n) is 2.66. The van der Waals surface area contributed by atoms with Crippen molar-refractivity contribution >= 4 is 50.6 Å². The summed E-state index contributed by atoms with van der Waals surface area (Å²) >= 11 is 2.27. The van der Waals surface area contributed by atoms with Crippen LogP contribution in [0.4, 0.5) is 5.82 Å². The Kier molecular flexibility index (Phi) is 2.10. The van der Waals surface area contributed by atoms with Gasteiger partial charge in [0.25, 0.3) is 0 Å². The minimum absolute atomic E-state index is 0.832. The van der Waals surface area contributed by atoms with Crippen LogP contribution in [0.1, 0.15) is 0 Å². The average Bonchev–Trinajstić information content (AvgIpc) is 2.81. The quantitative estimate of drug-likeness (QED) is 0.644. The summed E-state index contributed by atoms with van der Waals surface area (Å²) in [4.78, 5) is 1.97. The maximum Gasteiger partial charge on any atom is 0.180 e. The van der Waals surface area contributed by atoms with E-state index in [1.54, 1.807) is 0 Å². The zero-order valence-corrected chi connectivity index (χ0v) is 11.1. The normalized spacial score (nSPS) is 11.4. The number of nitrogens with zero attached hydrogens (tertiary/aromatic N) is 3. The summed E-state index contributed by atoms with van der Waals surface area (Å²) in [6.07, 6.45) is 2.04. The Morgan fingerprint density at radius 2 is 2.12 bits per heavy atom. The van der Waals surface area contributed by atoms with Crippen molar-refractivity contribution in [3.05, 3.63) is 24.4 Å². The number of anilines is 1. The topological polar surface area (TPSA) is 34.2 Å². The summed E-state index contributed by atoms with van der Waals surface area (Å²) in [6.45, 7) is 0. The Balaban J connectivity index is 2.52. The Labute approximate surface area is 106 Å². The number of fused-ring (bicyclic) bond motifs is 3. The molecular formula is C11H10IN3O. The summed E-state index contributed by atoms with van der Waals surface area (Å²) in [5.41, 5.74) is 2.01. The number of rotatable bonds is 1. The lowest BCUT2D eigenvalue weighted by Gasteiger charge is -2.07. The molecule has 0 saturated carbocycles. The van der Waals surface area contributed by atoms with Gasteiger partial charge in [-0.05, 0) is 18.2 Å². The molecule has 0 saturated heterocycles. The summed E-state index contributed by atoms with van der Waals surface area (Å²) in [5.74, 6) is 0.878. The largest absolute Gasteiger partial charge is 0.359 e. The number of hydrogen-bond donors (Lipinski definition) is 0. The summed E-state index contributed by atoms with van der Waals surface area (Å²) in [7, 11) is 3.94. The third kappa shape index (κ3) is 1.24. The molecule has 2 aromatic heterocycles. The molecule has 3 aromatic rings. The van der Waals surface area contributed by atoms with Crippen molar-refractivity contribution in [2.75, 3.05) is 19.0 Å². The van der Waals surface area contributed by atoms with Gasteiger partial charge in [0.05, 0.1) is 33.8 Å². The highest BCUT2D eigenvalue weighted by Gasteiger charge is 2.14. The van der Waals surface area contributed by atoms with E-state index in [1.807, 2.05) is 31.3 Å². The fraction of sp³-hybridized carbons (Fsp3) is 0.182. The fourth-order valence-corrected chi connectivity index (χ4v) is 2.50. The predicted molar refractivity (Wildman–Crippen MR) is 73.3 cm³/mol. The number of hydrogen-bond acceptors (Lipinski definition) is 3. The van der Waals surface area contributed by atoms with Gasteiger partial charge in [0.15, 0.2) is 11.4 Å². The molecule has 5 heteroatoms. The standard InChI is InChI=1S/C11H10IN3O/c1-14(2)11-10-7-5-6-15(12)8(7)3-4-9(10)16-13-11/h3-6H,1-2H3. The van der Waals surface area contributed by atoms with Crippen LogP contribution < -0.4 is 4.90 Å². The van der Waals surface area contributed by atoms with E-state index in [-0.39, 0.29) is 0 Å². The predicted octanol–water partition coefficient (Wildman–Crippen LogP) is 3.05. The lowest BCUT2D eigenvalue weighted by atomic mass is 10.1. The van der Waals surface area contributed by atoms with E-state index in [4.69, 9.17) is 4.52 Å². The molecule has 1 aromatic carbocycles. The molecule has 0 fully saturated rings. The highest BCUT2D eigenvalue weighted by atomic mass is 127. The first kappa shape index (κ1) is 9.95. The zero-order valence-electron chi connectivity index (χ0n) is 8.94. The van der Waals surface area contributed by atoms with Gasteiger partial charge in [0, 0.05) is 25.7 Å². The molecule has 0 aliphatic heterocycles. The minimum atomic E-state index is 0.832. The molecule has 2 heterocycles. The average molecular weight is 327 g/mol. The van der Waals surface area contributed by atoms with E-state index in [9.17, 15) is 0 Å². The lowest BCUT2D eigenvalue weighted by molar-refractivity contribution is 0.457. The molecule has 0 aliphatic rings. The molecule has 82 valence electrons. The van der Waals surface area contributed by atoms with Crippen molar-refractivity contribution in [3.63, 3.8) is 0 Å². The van der Waals surface area contributed by atoms with E-state index in [0.717, 1.165) is 16.8 Å². The van der Waals surface area contributed by atoms with Crippen LogP contribution in [-0.2, 0) is 0 Å². The number of halogens is 1. The SMILES string of the molecule is CN(C)c1noc2ccc3c(ccn3I)c12. The van der Waals surface area contributed by atoms with Gasteiger partial charge in [-0.3, -0.25) is 2.78 Å². The van der Waals surface area contributed by atoms with Crippen LogP contribution in [-0.4, -0.2) is 22.0 Å². The summed E-state index contributed by atoms with van der Waals surface area (Å²) in [5, 5.41) is 6.35. The van der Waals surface area contributed by atoms with Gasteiger partial charge in [-0.15, -0.1) is 0 Å². The minimum Gasteiger partial charge on any atom is -0.359 e. The van der Waals surface area contributed by atoms with Gasteiger partial charge in [-0.25, -0.2) is 0 Å². The molecule has 0 unspecified atom stereocenters. The van der Waals surface area contributed by atoms with Gasteiger partial charge >= 0.3 is 0 Å². The molecule has 16 heavy (non-hydrogen) atoms. The van der Waals surface area contributed by atoms with Gasteiger partial charge in [0.2, 0.25) is 0 Å². The van der Waals surface area contributed by atoms with Gasteiger partial charge in [-0.2, -0.15) is 0 Å². The van der Waals surface area contributed by atoms with Crippen LogP contribution in [0.15, 0.2) is 28.9 Å². The van der Waals surface area contributed by atoms with E-state index < -0.39 is 0 Å². The van der Waals surface area contributed by atoms with Crippen molar-refractivity contribution in [2.45, 2.75) is 0 Å². The van der Waals surface area contributed by atoms with Crippen molar-refractivity contribution in [3.8, 4) is 0 Å². The first-order valence-corrected chi connectivity index (χ1v) is 5.88. The Hall–Kier alpha value is -1.24. The molecule has 0 radical (unpaired) electrons. The maximum absolute atomic E-state index is 5.32.